The van der Waals surface area contributed by atoms with Gasteiger partial charge in [0, 0.05) is 18.3 Å². The van der Waals surface area contributed by atoms with Gasteiger partial charge in [0.2, 0.25) is 0 Å². The zero-order chi connectivity index (χ0) is 18.4. The number of carbonyl (C=O) groups is 1. The highest BCUT2D eigenvalue weighted by atomic mass is 19.4. The molecule has 25 heavy (non-hydrogen) atoms. The minimum Gasteiger partial charge on any atom is -0.307 e. The molecule has 0 unspecified atom stereocenters. The lowest BCUT2D eigenvalue weighted by Crippen LogP contribution is -2.22. The predicted molar refractivity (Wildman–Crippen MR) is 90.3 cm³/mol. The van der Waals surface area contributed by atoms with Gasteiger partial charge in [-0.25, -0.2) is 4.98 Å². The van der Waals surface area contributed by atoms with Gasteiger partial charge in [-0.05, 0) is 42.9 Å². The molecule has 7 heteroatoms. The molecular weight excluding hydrogens is 331 g/mol. The van der Waals surface area contributed by atoms with Crippen LogP contribution >= 0.6 is 0 Å². The molecule has 4 nitrogen and oxygen atoms in total. The number of benzene rings is 1. The molecule has 0 bridgehead atoms. The normalized spacial score (nSPS) is 11.6. The summed E-state index contributed by atoms with van der Waals surface area (Å²) in [6, 6.07) is 9.14. The molecule has 0 saturated heterocycles. The Morgan fingerprint density at radius 3 is 2.20 bits per heavy atom. The third kappa shape index (κ3) is 5.29. The highest BCUT2D eigenvalue weighted by Gasteiger charge is 2.30. The largest absolute Gasteiger partial charge is 0.417 e. The van der Waals surface area contributed by atoms with Crippen LogP contribution in [0.25, 0.3) is 0 Å². The van der Waals surface area contributed by atoms with E-state index in [1.54, 1.807) is 12.1 Å². The molecule has 1 aromatic carbocycles. The summed E-state index contributed by atoms with van der Waals surface area (Å²) in [5.74, 6) is -0.341. The summed E-state index contributed by atoms with van der Waals surface area (Å²) in [4.78, 5) is 18.0. The minimum atomic E-state index is -4.45. The third-order valence-electron chi connectivity index (χ3n) is 3.85. The van der Waals surface area contributed by atoms with E-state index in [1.807, 2.05) is 12.1 Å². The number of rotatable bonds is 6. The number of carbonyl (C=O) groups excluding carboxylic acids is 1. The Morgan fingerprint density at radius 2 is 1.72 bits per heavy atom. The first kappa shape index (κ1) is 18.9. The summed E-state index contributed by atoms with van der Waals surface area (Å²) >= 11 is 0. The van der Waals surface area contributed by atoms with Gasteiger partial charge in [-0.15, -0.1) is 0 Å². The van der Waals surface area contributed by atoms with Crippen LogP contribution in [0.15, 0.2) is 42.6 Å². The fraction of sp³-hybridized carbons (Fsp3) is 0.333. The number of halogens is 3. The second-order valence-corrected chi connectivity index (χ2v) is 5.54. The molecule has 0 saturated carbocycles. The summed E-state index contributed by atoms with van der Waals surface area (Å²) in [6.07, 6.45) is -3.75. The van der Waals surface area contributed by atoms with E-state index < -0.39 is 17.6 Å². The molecule has 0 aliphatic carbocycles. The zero-order valence-electron chi connectivity index (χ0n) is 14.1. The molecule has 2 rings (SSSR count). The molecule has 1 amide bonds. The van der Waals surface area contributed by atoms with Crippen molar-refractivity contribution >= 4 is 11.7 Å². The van der Waals surface area contributed by atoms with E-state index in [-0.39, 0.29) is 5.82 Å². The van der Waals surface area contributed by atoms with Crippen LogP contribution in [0, 0.1) is 0 Å². The number of alkyl halides is 3. The zero-order valence-corrected chi connectivity index (χ0v) is 14.1. The Kier molecular flexibility index (Phi) is 6.14. The van der Waals surface area contributed by atoms with Crippen molar-refractivity contribution in [2.45, 2.75) is 26.6 Å². The van der Waals surface area contributed by atoms with Gasteiger partial charge < -0.3 is 5.32 Å². The number of aromatic nitrogens is 1. The molecule has 0 spiro atoms. The fourth-order valence-electron chi connectivity index (χ4n) is 2.29. The van der Waals surface area contributed by atoms with Crippen molar-refractivity contribution < 1.29 is 18.0 Å². The van der Waals surface area contributed by atoms with Gasteiger partial charge in [-0.1, -0.05) is 26.0 Å². The standard InChI is InChI=1S/C18H20F3N3O/c1-3-24(4-2)12-13-5-7-14(8-6-13)17(25)23-16-10-9-15(11-22-16)18(19,20)21/h5-11H,3-4,12H2,1-2H3,(H,22,23,25). The maximum atomic E-state index is 12.5. The van der Waals surface area contributed by atoms with Gasteiger partial charge in [-0.3, -0.25) is 9.69 Å². The van der Waals surface area contributed by atoms with E-state index in [1.165, 1.54) is 0 Å². The SMILES string of the molecule is CCN(CC)Cc1ccc(C(=O)Nc2ccc(C(F)(F)F)cn2)cc1. The van der Waals surface area contributed by atoms with Crippen molar-refractivity contribution in [2.75, 3.05) is 18.4 Å². The second kappa shape index (κ2) is 8.11. The van der Waals surface area contributed by atoms with Crippen LogP contribution in [0.3, 0.4) is 0 Å². The van der Waals surface area contributed by atoms with Crippen molar-refractivity contribution in [2.24, 2.45) is 0 Å². The predicted octanol–water partition coefficient (Wildman–Crippen LogP) is 4.19. The van der Waals surface area contributed by atoms with E-state index in [9.17, 15) is 18.0 Å². The van der Waals surface area contributed by atoms with Gasteiger partial charge in [-0.2, -0.15) is 13.2 Å². The van der Waals surface area contributed by atoms with E-state index >= 15 is 0 Å². The van der Waals surface area contributed by atoms with Crippen LogP contribution in [0.2, 0.25) is 0 Å². The van der Waals surface area contributed by atoms with Crippen molar-refractivity contribution in [3.8, 4) is 0 Å². The maximum Gasteiger partial charge on any atom is 0.417 e. The van der Waals surface area contributed by atoms with Gasteiger partial charge in [0.25, 0.3) is 5.91 Å². The van der Waals surface area contributed by atoms with Crippen molar-refractivity contribution in [3.63, 3.8) is 0 Å². The third-order valence-corrected chi connectivity index (χ3v) is 3.85. The Hall–Kier alpha value is -2.41. The summed E-state index contributed by atoms with van der Waals surface area (Å²) in [5, 5.41) is 2.49. The van der Waals surface area contributed by atoms with Crippen LogP contribution in [0.1, 0.15) is 35.3 Å². The van der Waals surface area contributed by atoms with E-state index in [0.29, 0.717) is 11.8 Å². The summed E-state index contributed by atoms with van der Waals surface area (Å²) < 4.78 is 37.5. The van der Waals surface area contributed by atoms with Gasteiger partial charge in [0.05, 0.1) is 5.56 Å². The molecule has 1 heterocycles. The van der Waals surface area contributed by atoms with Crippen molar-refractivity contribution in [1.82, 2.24) is 9.88 Å². The average molecular weight is 351 g/mol. The molecule has 2 aromatic rings. The minimum absolute atomic E-state index is 0.0743. The first-order chi connectivity index (χ1) is 11.8. The molecular formula is C18H20F3N3O. The number of pyridine rings is 1. The van der Waals surface area contributed by atoms with E-state index in [0.717, 1.165) is 37.3 Å². The van der Waals surface area contributed by atoms with E-state index in [4.69, 9.17) is 0 Å². The smallest absolute Gasteiger partial charge is 0.307 e. The lowest BCUT2D eigenvalue weighted by molar-refractivity contribution is -0.137. The Bertz CT molecular complexity index is 693. The summed E-state index contributed by atoms with van der Waals surface area (Å²) in [6.45, 7) is 6.86. The van der Waals surface area contributed by atoms with Gasteiger partial charge in [0.15, 0.2) is 0 Å². The van der Waals surface area contributed by atoms with Crippen LogP contribution in [-0.2, 0) is 12.7 Å². The molecule has 0 aliphatic rings. The lowest BCUT2D eigenvalue weighted by atomic mass is 10.1. The van der Waals surface area contributed by atoms with Crippen LogP contribution in [0.5, 0.6) is 0 Å². The first-order valence-corrected chi connectivity index (χ1v) is 7.99. The number of anilines is 1. The molecule has 0 aliphatic heterocycles. The van der Waals surface area contributed by atoms with Crippen molar-refractivity contribution in [3.05, 3.63) is 59.3 Å². The van der Waals surface area contributed by atoms with Crippen LogP contribution in [0.4, 0.5) is 19.0 Å². The maximum absolute atomic E-state index is 12.5. The quantitative estimate of drug-likeness (QED) is 0.849. The van der Waals surface area contributed by atoms with Crippen LogP contribution in [-0.4, -0.2) is 28.9 Å². The average Bonchev–Trinajstić information content (AvgIpc) is 2.59. The molecule has 1 N–H and O–H groups in total. The second-order valence-electron chi connectivity index (χ2n) is 5.54. The number of nitrogens with zero attached hydrogens (tertiary/aromatic N) is 2. The molecule has 1 aromatic heterocycles. The van der Waals surface area contributed by atoms with Gasteiger partial charge >= 0.3 is 6.18 Å². The number of hydrogen-bond acceptors (Lipinski definition) is 3. The summed E-state index contributed by atoms with van der Waals surface area (Å²) in [7, 11) is 0. The molecule has 134 valence electrons. The monoisotopic (exact) mass is 351 g/mol. The Morgan fingerprint density at radius 1 is 1.08 bits per heavy atom. The highest BCUT2D eigenvalue weighted by Crippen LogP contribution is 2.28. The topological polar surface area (TPSA) is 45.2 Å². The fourth-order valence-corrected chi connectivity index (χ4v) is 2.29. The number of hydrogen-bond donors (Lipinski definition) is 1. The van der Waals surface area contributed by atoms with Crippen molar-refractivity contribution in [1.29, 1.82) is 0 Å². The Labute approximate surface area is 144 Å². The van der Waals surface area contributed by atoms with Gasteiger partial charge in [0.1, 0.15) is 5.82 Å². The molecule has 0 radical (unpaired) electrons. The number of nitrogens with one attached hydrogen (secondary N) is 1. The Balaban J connectivity index is 2.01. The summed E-state index contributed by atoms with van der Waals surface area (Å²) in [5.41, 5.74) is 0.657. The lowest BCUT2D eigenvalue weighted by Gasteiger charge is -2.18. The molecule has 0 atom stereocenters. The molecule has 0 fully saturated rings. The van der Waals surface area contributed by atoms with Crippen LogP contribution < -0.4 is 5.32 Å². The highest BCUT2D eigenvalue weighted by molar-refractivity contribution is 6.03. The first-order valence-electron chi connectivity index (χ1n) is 7.99. The number of amides is 1. The van der Waals surface area contributed by atoms with E-state index in [2.05, 4.69) is 29.0 Å².